The lowest BCUT2D eigenvalue weighted by molar-refractivity contribution is -0.138. The summed E-state index contributed by atoms with van der Waals surface area (Å²) in [6, 6.07) is 5.72. The van der Waals surface area contributed by atoms with Gasteiger partial charge in [-0.15, -0.1) is 11.3 Å². The summed E-state index contributed by atoms with van der Waals surface area (Å²) >= 11 is 1.66. The summed E-state index contributed by atoms with van der Waals surface area (Å²) in [5.41, 5.74) is 0.294. The maximum Gasteiger partial charge on any atom is 0.416 e. The average Bonchev–Trinajstić information content (AvgIpc) is 3.12. The predicted octanol–water partition coefficient (Wildman–Crippen LogP) is 5.10. The van der Waals surface area contributed by atoms with Crippen LogP contribution in [0, 0.1) is 5.41 Å². The highest BCUT2D eigenvalue weighted by molar-refractivity contribution is 7.09. The first-order valence-electron chi connectivity index (χ1n) is 9.65. The van der Waals surface area contributed by atoms with Gasteiger partial charge in [0.1, 0.15) is 5.01 Å². The Bertz CT molecular complexity index is 780. The van der Waals surface area contributed by atoms with Crippen LogP contribution in [0.4, 0.5) is 13.2 Å². The molecule has 0 amide bonds. The average molecular weight is 413 g/mol. The molecule has 7 heteroatoms. The fraction of sp³-hybridized carbons (Fsp3) is 0.571. The van der Waals surface area contributed by atoms with Crippen molar-refractivity contribution >= 4 is 11.3 Å². The molecule has 0 aliphatic carbocycles. The van der Waals surface area contributed by atoms with E-state index in [0.717, 1.165) is 36.4 Å². The van der Waals surface area contributed by atoms with E-state index in [0.29, 0.717) is 18.8 Å². The number of nitrogens with zero attached hydrogens (tertiary/aromatic N) is 2. The Hall–Kier alpha value is -1.44. The van der Waals surface area contributed by atoms with E-state index in [9.17, 15) is 18.3 Å². The molecule has 2 aromatic rings. The smallest absolute Gasteiger partial charge is 0.396 e. The number of thiazole rings is 1. The molecule has 1 N–H and O–H groups in total. The molecule has 1 fully saturated rings. The van der Waals surface area contributed by atoms with Gasteiger partial charge < -0.3 is 5.11 Å². The summed E-state index contributed by atoms with van der Waals surface area (Å²) in [6.45, 7) is 6.42. The molecule has 1 aromatic carbocycles. The molecular weight excluding hydrogens is 385 g/mol. The van der Waals surface area contributed by atoms with Gasteiger partial charge in [-0.1, -0.05) is 32.0 Å². The van der Waals surface area contributed by atoms with Gasteiger partial charge in [-0.25, -0.2) is 4.98 Å². The summed E-state index contributed by atoms with van der Waals surface area (Å²) in [5.74, 6) is 0.405. The Kier molecular flexibility index (Phi) is 6.47. The SMILES string of the molecule is CC(C)c1csc(CN2CCC(CO)(Cc3ccccc3C(F)(F)F)CC2)n1. The third-order valence-electron chi connectivity index (χ3n) is 5.66. The molecular formula is C21H27F3N2OS. The zero-order valence-corrected chi connectivity index (χ0v) is 17.1. The number of aliphatic hydroxyl groups excluding tert-OH is 1. The van der Waals surface area contributed by atoms with Crippen molar-refractivity contribution < 1.29 is 18.3 Å². The van der Waals surface area contributed by atoms with Crippen LogP contribution < -0.4 is 0 Å². The molecule has 0 spiro atoms. The van der Waals surface area contributed by atoms with Crippen molar-refractivity contribution in [2.45, 2.75) is 51.7 Å². The summed E-state index contributed by atoms with van der Waals surface area (Å²) in [6.07, 6.45) is -2.76. The molecule has 154 valence electrons. The van der Waals surface area contributed by atoms with Gasteiger partial charge in [0.25, 0.3) is 0 Å². The number of alkyl halides is 3. The fourth-order valence-corrected chi connectivity index (χ4v) is 4.78. The van der Waals surface area contributed by atoms with Crippen LogP contribution >= 0.6 is 11.3 Å². The number of rotatable bonds is 6. The number of benzene rings is 1. The van der Waals surface area contributed by atoms with Crippen LogP contribution in [-0.2, 0) is 19.1 Å². The molecule has 0 radical (unpaired) electrons. The Balaban J connectivity index is 1.65. The minimum absolute atomic E-state index is 0.0955. The van der Waals surface area contributed by atoms with Crippen LogP contribution in [0.1, 0.15) is 54.4 Å². The minimum atomic E-state index is -4.37. The van der Waals surface area contributed by atoms with E-state index >= 15 is 0 Å². The largest absolute Gasteiger partial charge is 0.416 e. The Labute approximate surface area is 168 Å². The molecule has 0 atom stereocenters. The summed E-state index contributed by atoms with van der Waals surface area (Å²) in [5, 5.41) is 13.2. The molecule has 0 unspecified atom stereocenters. The minimum Gasteiger partial charge on any atom is -0.396 e. The first kappa shape index (κ1) is 21.3. The lowest BCUT2D eigenvalue weighted by atomic mass is 9.73. The second kappa shape index (κ2) is 8.51. The van der Waals surface area contributed by atoms with Gasteiger partial charge in [-0.05, 0) is 55.3 Å². The number of hydrogen-bond donors (Lipinski definition) is 1. The highest BCUT2D eigenvalue weighted by atomic mass is 32.1. The number of hydrogen-bond acceptors (Lipinski definition) is 4. The number of likely N-dealkylation sites (tertiary alicyclic amines) is 1. The first-order chi connectivity index (χ1) is 13.2. The Morgan fingerprint density at radius 2 is 1.89 bits per heavy atom. The van der Waals surface area contributed by atoms with E-state index in [1.54, 1.807) is 17.4 Å². The quantitative estimate of drug-likeness (QED) is 0.717. The van der Waals surface area contributed by atoms with Crippen LogP contribution in [0.2, 0.25) is 0 Å². The van der Waals surface area contributed by atoms with E-state index in [2.05, 4.69) is 29.1 Å². The molecule has 1 aliphatic rings. The van der Waals surface area contributed by atoms with Crippen LogP contribution in [0.15, 0.2) is 29.6 Å². The van der Waals surface area contributed by atoms with Gasteiger partial charge in [0.15, 0.2) is 0 Å². The Morgan fingerprint density at radius 3 is 2.46 bits per heavy atom. The monoisotopic (exact) mass is 412 g/mol. The van der Waals surface area contributed by atoms with Gasteiger partial charge in [0.2, 0.25) is 0 Å². The van der Waals surface area contributed by atoms with Crippen LogP contribution in [0.25, 0.3) is 0 Å². The highest BCUT2D eigenvalue weighted by Crippen LogP contribution is 2.39. The van der Waals surface area contributed by atoms with Crippen LogP contribution in [0.3, 0.4) is 0 Å². The van der Waals surface area contributed by atoms with Crippen molar-refractivity contribution in [2.75, 3.05) is 19.7 Å². The number of piperidine rings is 1. The Morgan fingerprint density at radius 1 is 1.21 bits per heavy atom. The molecule has 2 heterocycles. The topological polar surface area (TPSA) is 36.4 Å². The lowest BCUT2D eigenvalue weighted by Crippen LogP contribution is -2.43. The van der Waals surface area contributed by atoms with Crippen LogP contribution in [-0.4, -0.2) is 34.7 Å². The zero-order chi connectivity index (χ0) is 20.4. The van der Waals surface area contributed by atoms with Gasteiger partial charge in [0.05, 0.1) is 17.8 Å². The molecule has 0 saturated carbocycles. The van der Waals surface area contributed by atoms with Crippen molar-refractivity contribution in [3.8, 4) is 0 Å². The highest BCUT2D eigenvalue weighted by Gasteiger charge is 2.38. The maximum atomic E-state index is 13.3. The van der Waals surface area contributed by atoms with Crippen molar-refractivity contribution in [2.24, 2.45) is 5.41 Å². The van der Waals surface area contributed by atoms with Crippen molar-refractivity contribution in [1.82, 2.24) is 9.88 Å². The van der Waals surface area contributed by atoms with Gasteiger partial charge >= 0.3 is 6.18 Å². The summed E-state index contributed by atoms with van der Waals surface area (Å²) < 4.78 is 40.0. The maximum absolute atomic E-state index is 13.3. The molecule has 1 aromatic heterocycles. The van der Waals surface area contributed by atoms with Crippen molar-refractivity contribution in [3.63, 3.8) is 0 Å². The summed E-state index contributed by atoms with van der Waals surface area (Å²) in [7, 11) is 0. The van der Waals surface area contributed by atoms with E-state index in [1.165, 1.54) is 12.1 Å². The van der Waals surface area contributed by atoms with Crippen LogP contribution in [0.5, 0.6) is 0 Å². The van der Waals surface area contributed by atoms with E-state index < -0.39 is 17.2 Å². The van der Waals surface area contributed by atoms with E-state index in [1.807, 2.05) is 0 Å². The number of halogens is 3. The third kappa shape index (κ3) is 4.93. The zero-order valence-electron chi connectivity index (χ0n) is 16.3. The second-order valence-electron chi connectivity index (χ2n) is 8.09. The third-order valence-corrected chi connectivity index (χ3v) is 6.51. The molecule has 0 bridgehead atoms. The molecule has 28 heavy (non-hydrogen) atoms. The fourth-order valence-electron chi connectivity index (χ4n) is 3.79. The van der Waals surface area contributed by atoms with Gasteiger partial charge in [-0.3, -0.25) is 4.90 Å². The van der Waals surface area contributed by atoms with E-state index in [4.69, 9.17) is 0 Å². The number of aliphatic hydroxyl groups is 1. The van der Waals surface area contributed by atoms with E-state index in [-0.39, 0.29) is 18.6 Å². The standard InChI is InChI=1S/C21H27F3N2OS/c1-15(2)18-13-28-19(25-18)12-26-9-7-20(14-27,8-10-26)11-16-5-3-4-6-17(16)21(22,23)24/h3-6,13,15,27H,7-12,14H2,1-2H3. The van der Waals surface area contributed by atoms with Gasteiger partial charge in [-0.2, -0.15) is 13.2 Å². The number of aromatic nitrogens is 1. The summed E-state index contributed by atoms with van der Waals surface area (Å²) in [4.78, 5) is 6.95. The lowest BCUT2D eigenvalue weighted by Gasteiger charge is -2.41. The second-order valence-corrected chi connectivity index (χ2v) is 9.03. The molecule has 1 aliphatic heterocycles. The predicted molar refractivity (Wildman–Crippen MR) is 105 cm³/mol. The molecule has 1 saturated heterocycles. The molecule has 3 rings (SSSR count). The van der Waals surface area contributed by atoms with Gasteiger partial charge in [0, 0.05) is 12.0 Å². The molecule has 3 nitrogen and oxygen atoms in total. The van der Waals surface area contributed by atoms with Crippen molar-refractivity contribution in [1.29, 1.82) is 0 Å². The normalized spacial score (nSPS) is 18.0. The first-order valence-corrected chi connectivity index (χ1v) is 10.5. The van der Waals surface area contributed by atoms with Crippen molar-refractivity contribution in [3.05, 3.63) is 51.5 Å².